The topological polar surface area (TPSA) is 3.24 Å². The normalized spacial score (nSPS) is 12.0. The third-order valence-electron chi connectivity index (χ3n) is 9.57. The van der Waals surface area contributed by atoms with Crippen LogP contribution in [0.3, 0.4) is 0 Å². The van der Waals surface area contributed by atoms with Crippen LogP contribution in [0.25, 0.3) is 42.1 Å². The number of nitrogens with zero attached hydrogens (tertiary/aromatic N) is 1. The molecule has 0 fully saturated rings. The molecule has 2 heteroatoms. The molecule has 0 N–H and O–H groups in total. The van der Waals surface area contributed by atoms with E-state index < -0.39 is 0 Å². The molecule has 0 bridgehead atoms. The fourth-order valence-corrected chi connectivity index (χ4v) is 8.72. The molecule has 0 spiro atoms. The minimum atomic E-state index is -0.0160. The van der Waals surface area contributed by atoms with E-state index >= 15 is 0 Å². The molecule has 0 amide bonds. The summed E-state index contributed by atoms with van der Waals surface area (Å²) in [7, 11) is 0. The van der Waals surface area contributed by atoms with Gasteiger partial charge in [-0.2, -0.15) is 0 Å². The van der Waals surface area contributed by atoms with Gasteiger partial charge in [0.25, 0.3) is 0 Å². The maximum absolute atomic E-state index is 2.46. The number of rotatable bonds is 7. The van der Waals surface area contributed by atoms with E-state index in [4.69, 9.17) is 0 Å². The maximum atomic E-state index is 2.46. The summed E-state index contributed by atoms with van der Waals surface area (Å²) in [5.74, 6) is -0.0160. The van der Waals surface area contributed by atoms with E-state index in [1.54, 1.807) is 0 Å². The zero-order valence-corrected chi connectivity index (χ0v) is 27.7. The lowest BCUT2D eigenvalue weighted by molar-refractivity contribution is 0.992. The van der Waals surface area contributed by atoms with Crippen LogP contribution in [-0.4, -0.2) is 0 Å². The highest BCUT2D eigenvalue weighted by Gasteiger charge is 2.26. The Hall–Kier alpha value is -5.96. The predicted molar refractivity (Wildman–Crippen MR) is 211 cm³/mol. The van der Waals surface area contributed by atoms with Gasteiger partial charge in [0, 0.05) is 43.2 Å². The molecule has 8 aromatic carbocycles. The van der Waals surface area contributed by atoms with Gasteiger partial charge >= 0.3 is 0 Å². The molecule has 232 valence electrons. The van der Waals surface area contributed by atoms with Crippen LogP contribution in [0, 0.1) is 0 Å². The molecule has 0 radical (unpaired) electrons. The van der Waals surface area contributed by atoms with Crippen LogP contribution < -0.4 is 4.90 Å². The number of hydrogen-bond donors (Lipinski definition) is 0. The second-order valence-corrected chi connectivity index (χ2v) is 13.5. The van der Waals surface area contributed by atoms with Crippen molar-refractivity contribution >= 4 is 59.3 Å². The van der Waals surface area contributed by atoms with Crippen LogP contribution in [-0.2, 0) is 0 Å². The van der Waals surface area contributed by atoms with E-state index in [2.05, 4.69) is 199 Å². The number of anilines is 3. The quantitative estimate of drug-likeness (QED) is 0.156. The van der Waals surface area contributed by atoms with Gasteiger partial charge in [0.2, 0.25) is 0 Å². The van der Waals surface area contributed by atoms with E-state index in [0.717, 1.165) is 17.1 Å². The van der Waals surface area contributed by atoms with Gasteiger partial charge in [0.05, 0.1) is 0 Å². The van der Waals surface area contributed by atoms with Crippen LogP contribution >= 0.6 is 11.3 Å². The van der Waals surface area contributed by atoms with Crippen molar-refractivity contribution in [2.24, 2.45) is 0 Å². The van der Waals surface area contributed by atoms with Crippen molar-refractivity contribution in [1.82, 2.24) is 0 Å². The molecule has 0 aliphatic rings. The predicted octanol–water partition coefficient (Wildman–Crippen LogP) is 13.5. The highest BCUT2D eigenvalue weighted by molar-refractivity contribution is 7.26. The lowest BCUT2D eigenvalue weighted by atomic mass is 9.79. The fourth-order valence-electron chi connectivity index (χ4n) is 7.41. The third-order valence-corrected chi connectivity index (χ3v) is 10.8. The molecule has 1 unspecified atom stereocenters. The lowest BCUT2D eigenvalue weighted by Gasteiger charge is -2.28. The van der Waals surface area contributed by atoms with Crippen molar-refractivity contribution in [2.75, 3.05) is 4.90 Å². The molecule has 1 atom stereocenters. The molecule has 0 saturated carbocycles. The summed E-state index contributed by atoms with van der Waals surface area (Å²) in [6.45, 7) is 0. The Labute approximate surface area is 291 Å². The van der Waals surface area contributed by atoms with Crippen LogP contribution in [0.5, 0.6) is 0 Å². The molecule has 0 aliphatic heterocycles. The van der Waals surface area contributed by atoms with Gasteiger partial charge in [-0.1, -0.05) is 158 Å². The lowest BCUT2D eigenvalue weighted by Crippen LogP contribution is -2.12. The van der Waals surface area contributed by atoms with Crippen LogP contribution in [0.15, 0.2) is 194 Å². The second-order valence-electron chi connectivity index (χ2n) is 12.5. The van der Waals surface area contributed by atoms with Gasteiger partial charge in [-0.25, -0.2) is 0 Å². The van der Waals surface area contributed by atoms with E-state index in [-0.39, 0.29) is 5.92 Å². The third kappa shape index (κ3) is 5.27. The summed E-state index contributed by atoms with van der Waals surface area (Å²) in [6, 6.07) is 70.6. The van der Waals surface area contributed by atoms with Crippen molar-refractivity contribution < 1.29 is 0 Å². The van der Waals surface area contributed by atoms with E-state index in [9.17, 15) is 0 Å². The first kappa shape index (κ1) is 29.2. The molecular weight excluding hydrogens is 611 g/mol. The van der Waals surface area contributed by atoms with E-state index in [1.807, 2.05) is 11.3 Å². The van der Waals surface area contributed by atoms with Gasteiger partial charge in [-0.3, -0.25) is 0 Å². The van der Waals surface area contributed by atoms with Gasteiger partial charge < -0.3 is 4.90 Å². The SMILES string of the molecule is c1ccc(-c2ccccc2C(c2ccccc2)c2cc(N(c3ccccc3)c3ccccc3)cc3sc4c5ccccc5ccc4c23)cc1. The summed E-state index contributed by atoms with van der Waals surface area (Å²) in [6.07, 6.45) is 0. The molecule has 0 aliphatic carbocycles. The first-order chi connectivity index (χ1) is 24.3. The Morgan fingerprint density at radius 1 is 0.429 bits per heavy atom. The monoisotopic (exact) mass is 643 g/mol. The average Bonchev–Trinajstić information content (AvgIpc) is 3.56. The molecule has 9 aromatic rings. The average molecular weight is 644 g/mol. The number of fused-ring (bicyclic) bond motifs is 5. The van der Waals surface area contributed by atoms with Crippen molar-refractivity contribution in [3.63, 3.8) is 0 Å². The maximum Gasteiger partial charge on any atom is 0.0479 e. The molecule has 1 nitrogen and oxygen atoms in total. The summed E-state index contributed by atoms with van der Waals surface area (Å²) < 4.78 is 2.62. The van der Waals surface area contributed by atoms with Crippen molar-refractivity contribution in [3.8, 4) is 11.1 Å². The van der Waals surface area contributed by atoms with Crippen LogP contribution in [0.2, 0.25) is 0 Å². The van der Waals surface area contributed by atoms with Crippen molar-refractivity contribution in [2.45, 2.75) is 5.92 Å². The molecule has 49 heavy (non-hydrogen) atoms. The van der Waals surface area contributed by atoms with Gasteiger partial charge in [0.1, 0.15) is 0 Å². The molecular formula is C47H33NS. The zero-order chi connectivity index (χ0) is 32.6. The molecule has 9 rings (SSSR count). The number of para-hydroxylation sites is 2. The Morgan fingerprint density at radius 2 is 1.02 bits per heavy atom. The number of hydrogen-bond acceptors (Lipinski definition) is 2. The number of benzene rings is 8. The Morgan fingerprint density at radius 3 is 1.73 bits per heavy atom. The summed E-state index contributed by atoms with van der Waals surface area (Å²) >= 11 is 1.91. The Kier molecular flexibility index (Phi) is 7.49. The van der Waals surface area contributed by atoms with Crippen molar-refractivity contribution in [3.05, 3.63) is 211 Å². The standard InChI is InChI=1S/C47H33NS/c1-5-17-33(18-6-1)39-26-15-16-28-41(39)45(35-20-7-2-8-21-35)43-31-38(48(36-22-9-3-10-23-36)37-24-11-4-12-25-37)32-44-46(43)42-30-29-34-19-13-14-27-40(34)47(42)49-44/h1-32,45H. The zero-order valence-electron chi connectivity index (χ0n) is 26.9. The number of thiophene rings is 1. The minimum absolute atomic E-state index is 0.0160. The highest BCUT2D eigenvalue weighted by atomic mass is 32.1. The van der Waals surface area contributed by atoms with Gasteiger partial charge in [-0.05, 0) is 75.0 Å². The van der Waals surface area contributed by atoms with Crippen LogP contribution in [0.4, 0.5) is 17.1 Å². The first-order valence-corrected chi connectivity index (χ1v) is 17.6. The summed E-state index contributed by atoms with van der Waals surface area (Å²) in [5.41, 5.74) is 9.76. The summed E-state index contributed by atoms with van der Waals surface area (Å²) in [5, 5.41) is 5.21. The van der Waals surface area contributed by atoms with E-state index in [1.165, 1.54) is 58.8 Å². The summed E-state index contributed by atoms with van der Waals surface area (Å²) in [4.78, 5) is 2.40. The molecule has 1 aromatic heterocycles. The van der Waals surface area contributed by atoms with E-state index in [0.29, 0.717) is 0 Å². The minimum Gasteiger partial charge on any atom is -0.310 e. The fraction of sp³-hybridized carbons (Fsp3) is 0.0213. The van der Waals surface area contributed by atoms with Gasteiger partial charge in [-0.15, -0.1) is 11.3 Å². The second kappa shape index (κ2) is 12.6. The molecule has 1 heterocycles. The first-order valence-electron chi connectivity index (χ1n) is 16.8. The van der Waals surface area contributed by atoms with Crippen molar-refractivity contribution in [1.29, 1.82) is 0 Å². The Balaban J connectivity index is 1.41. The van der Waals surface area contributed by atoms with Crippen LogP contribution in [0.1, 0.15) is 22.6 Å². The Bertz CT molecular complexity index is 2500. The molecule has 0 saturated heterocycles. The highest BCUT2D eigenvalue weighted by Crippen LogP contribution is 2.49. The largest absolute Gasteiger partial charge is 0.310 e. The van der Waals surface area contributed by atoms with Gasteiger partial charge in [0.15, 0.2) is 0 Å². The smallest absolute Gasteiger partial charge is 0.0479 e.